The quantitative estimate of drug-likeness (QED) is 0.781. The molecule has 0 aromatic rings. The van der Waals surface area contributed by atoms with Crippen LogP contribution in [0.2, 0.25) is 0 Å². The maximum Gasteiger partial charge on any atom is 0.320 e. The molecule has 2 fully saturated rings. The van der Waals surface area contributed by atoms with Crippen molar-refractivity contribution in [3.8, 4) is 0 Å². The molecule has 0 spiro atoms. The summed E-state index contributed by atoms with van der Waals surface area (Å²) in [6, 6.07) is 0.665. The fraction of sp³-hybridized carbons (Fsp3) is 0.923. The second kappa shape index (κ2) is 5.83. The Labute approximate surface area is 103 Å². The lowest BCUT2D eigenvalue weighted by Gasteiger charge is -2.42. The number of nitrogens with one attached hydrogen (secondary N) is 1. The van der Waals surface area contributed by atoms with E-state index in [-0.39, 0.29) is 6.04 Å². The molecule has 2 rings (SSSR count). The van der Waals surface area contributed by atoms with Crippen LogP contribution in [-0.2, 0) is 4.79 Å². The summed E-state index contributed by atoms with van der Waals surface area (Å²) in [6.07, 6.45) is 6.69. The van der Waals surface area contributed by atoms with Gasteiger partial charge in [-0.1, -0.05) is 13.3 Å². The Balaban J connectivity index is 2.07. The summed E-state index contributed by atoms with van der Waals surface area (Å²) in [5.74, 6) is -0.655. The van der Waals surface area contributed by atoms with E-state index in [1.54, 1.807) is 0 Å². The summed E-state index contributed by atoms with van der Waals surface area (Å²) in [4.78, 5) is 13.6. The number of carboxylic acid groups (broad SMARTS) is 1. The minimum Gasteiger partial charge on any atom is -0.480 e. The summed E-state index contributed by atoms with van der Waals surface area (Å²) >= 11 is 0. The van der Waals surface area contributed by atoms with Gasteiger partial charge in [-0.25, -0.2) is 0 Å². The Morgan fingerprint density at radius 1 is 1.41 bits per heavy atom. The molecule has 2 aliphatic rings. The lowest BCUT2D eigenvalue weighted by Crippen LogP contribution is -2.56. The number of hydrogen-bond donors (Lipinski definition) is 2. The first kappa shape index (κ1) is 12.8. The van der Waals surface area contributed by atoms with Crippen LogP contribution in [0.3, 0.4) is 0 Å². The highest BCUT2D eigenvalue weighted by Gasteiger charge is 2.37. The van der Waals surface area contributed by atoms with Crippen LogP contribution in [0.15, 0.2) is 0 Å². The molecule has 2 N–H and O–H groups in total. The number of carbonyl (C=O) groups is 1. The van der Waals surface area contributed by atoms with Gasteiger partial charge in [-0.05, 0) is 45.2 Å². The number of aliphatic carboxylic acids is 1. The molecular formula is C13H24N2O2. The molecule has 3 unspecified atom stereocenters. The zero-order valence-corrected chi connectivity index (χ0v) is 10.7. The minimum absolute atomic E-state index is 0.289. The number of piperidine rings is 1. The molecule has 0 aromatic carbocycles. The highest BCUT2D eigenvalue weighted by Crippen LogP contribution is 2.26. The largest absolute Gasteiger partial charge is 0.480 e. The highest BCUT2D eigenvalue weighted by atomic mass is 16.4. The molecule has 98 valence electrons. The smallest absolute Gasteiger partial charge is 0.320 e. The maximum atomic E-state index is 11.3. The first-order valence-electron chi connectivity index (χ1n) is 6.96. The van der Waals surface area contributed by atoms with Crippen molar-refractivity contribution < 1.29 is 9.90 Å². The molecule has 0 amide bonds. The highest BCUT2D eigenvalue weighted by molar-refractivity contribution is 5.73. The van der Waals surface area contributed by atoms with Gasteiger partial charge in [0, 0.05) is 12.1 Å². The van der Waals surface area contributed by atoms with E-state index < -0.39 is 5.97 Å². The molecule has 2 heterocycles. The molecule has 3 atom stereocenters. The second-order valence-corrected chi connectivity index (χ2v) is 5.27. The van der Waals surface area contributed by atoms with Crippen molar-refractivity contribution in [2.75, 3.05) is 13.1 Å². The lowest BCUT2D eigenvalue weighted by molar-refractivity contribution is -0.145. The van der Waals surface area contributed by atoms with Crippen LogP contribution in [-0.4, -0.2) is 47.2 Å². The SMILES string of the molecule is CCC(C(=O)O)N1CCCCC1C1CCCN1. The standard InChI is InChI=1S/C13H24N2O2/c1-2-11(13(16)17)15-9-4-3-7-12(15)10-6-5-8-14-10/h10-12,14H,2-9H2,1H3,(H,16,17). The number of hydrogen-bond acceptors (Lipinski definition) is 3. The van der Waals surface area contributed by atoms with E-state index in [1.165, 1.54) is 19.3 Å². The van der Waals surface area contributed by atoms with Gasteiger partial charge in [-0.3, -0.25) is 9.69 Å². The normalized spacial score (nSPS) is 32.5. The Bertz CT molecular complexity index is 264. The van der Waals surface area contributed by atoms with Gasteiger partial charge in [0.2, 0.25) is 0 Å². The van der Waals surface area contributed by atoms with E-state index in [9.17, 15) is 9.90 Å². The summed E-state index contributed by atoms with van der Waals surface area (Å²) in [7, 11) is 0. The van der Waals surface area contributed by atoms with Crippen LogP contribution in [0.1, 0.15) is 45.4 Å². The Morgan fingerprint density at radius 2 is 2.24 bits per heavy atom. The van der Waals surface area contributed by atoms with Crippen molar-refractivity contribution in [2.24, 2.45) is 0 Å². The van der Waals surface area contributed by atoms with Gasteiger partial charge in [-0.2, -0.15) is 0 Å². The predicted octanol–water partition coefficient (Wildman–Crippen LogP) is 1.46. The third-order valence-electron chi connectivity index (χ3n) is 4.23. The molecule has 17 heavy (non-hydrogen) atoms. The zero-order valence-electron chi connectivity index (χ0n) is 10.7. The van der Waals surface area contributed by atoms with Gasteiger partial charge in [0.05, 0.1) is 0 Å². The van der Waals surface area contributed by atoms with Gasteiger partial charge in [0.25, 0.3) is 0 Å². The average Bonchev–Trinajstić information content (AvgIpc) is 2.83. The summed E-state index contributed by atoms with van der Waals surface area (Å²) in [5, 5.41) is 12.9. The maximum absolute atomic E-state index is 11.3. The van der Waals surface area contributed by atoms with E-state index in [4.69, 9.17) is 0 Å². The summed E-state index contributed by atoms with van der Waals surface area (Å²) in [6.45, 7) is 4.03. The van der Waals surface area contributed by atoms with Crippen LogP contribution in [0, 0.1) is 0 Å². The van der Waals surface area contributed by atoms with Crippen molar-refractivity contribution in [1.82, 2.24) is 10.2 Å². The van der Waals surface area contributed by atoms with Crippen molar-refractivity contribution in [3.05, 3.63) is 0 Å². The predicted molar refractivity (Wildman–Crippen MR) is 67.1 cm³/mol. The van der Waals surface area contributed by atoms with Gasteiger partial charge in [-0.15, -0.1) is 0 Å². The van der Waals surface area contributed by atoms with E-state index in [2.05, 4.69) is 10.2 Å². The van der Waals surface area contributed by atoms with E-state index in [0.717, 1.165) is 25.9 Å². The van der Waals surface area contributed by atoms with Crippen LogP contribution in [0.5, 0.6) is 0 Å². The monoisotopic (exact) mass is 240 g/mol. The van der Waals surface area contributed by atoms with Crippen LogP contribution < -0.4 is 5.32 Å². The third kappa shape index (κ3) is 2.80. The number of carboxylic acids is 1. The van der Waals surface area contributed by atoms with Crippen molar-refractivity contribution >= 4 is 5.97 Å². The fourth-order valence-corrected chi connectivity index (χ4v) is 3.39. The Hall–Kier alpha value is -0.610. The van der Waals surface area contributed by atoms with E-state index >= 15 is 0 Å². The Morgan fingerprint density at radius 3 is 2.82 bits per heavy atom. The van der Waals surface area contributed by atoms with Crippen molar-refractivity contribution in [3.63, 3.8) is 0 Å². The molecule has 0 aliphatic carbocycles. The molecule has 2 aliphatic heterocycles. The van der Waals surface area contributed by atoms with Gasteiger partial charge >= 0.3 is 5.97 Å². The lowest BCUT2D eigenvalue weighted by atomic mass is 9.92. The molecular weight excluding hydrogens is 216 g/mol. The first-order chi connectivity index (χ1) is 8.24. The average molecular weight is 240 g/mol. The number of nitrogens with zero attached hydrogens (tertiary/aromatic N) is 1. The van der Waals surface area contributed by atoms with Crippen LogP contribution in [0.4, 0.5) is 0 Å². The van der Waals surface area contributed by atoms with Crippen molar-refractivity contribution in [2.45, 2.75) is 63.6 Å². The van der Waals surface area contributed by atoms with Gasteiger partial charge < -0.3 is 10.4 Å². The number of likely N-dealkylation sites (tertiary alicyclic amines) is 1. The van der Waals surface area contributed by atoms with Gasteiger partial charge in [0.1, 0.15) is 6.04 Å². The summed E-state index contributed by atoms with van der Waals surface area (Å²) in [5.41, 5.74) is 0. The number of rotatable bonds is 4. The van der Waals surface area contributed by atoms with E-state index in [0.29, 0.717) is 18.5 Å². The topological polar surface area (TPSA) is 52.6 Å². The van der Waals surface area contributed by atoms with Crippen molar-refractivity contribution in [1.29, 1.82) is 0 Å². The fourth-order valence-electron chi connectivity index (χ4n) is 3.39. The second-order valence-electron chi connectivity index (χ2n) is 5.27. The third-order valence-corrected chi connectivity index (χ3v) is 4.23. The van der Waals surface area contributed by atoms with Gasteiger partial charge in [0.15, 0.2) is 0 Å². The zero-order chi connectivity index (χ0) is 12.3. The van der Waals surface area contributed by atoms with Crippen LogP contribution in [0.25, 0.3) is 0 Å². The minimum atomic E-state index is -0.655. The molecule has 0 radical (unpaired) electrons. The Kier molecular flexibility index (Phi) is 4.40. The molecule has 4 nitrogen and oxygen atoms in total. The van der Waals surface area contributed by atoms with Crippen LogP contribution >= 0.6 is 0 Å². The molecule has 0 saturated carbocycles. The first-order valence-corrected chi connectivity index (χ1v) is 6.96. The molecule has 2 saturated heterocycles. The molecule has 0 bridgehead atoms. The molecule has 0 aromatic heterocycles. The van der Waals surface area contributed by atoms with E-state index in [1.807, 2.05) is 6.92 Å². The molecule has 4 heteroatoms. The summed E-state index contributed by atoms with van der Waals surface area (Å²) < 4.78 is 0.